The van der Waals surface area contributed by atoms with E-state index in [4.69, 9.17) is 10.5 Å². The molecule has 0 aliphatic carbocycles. The van der Waals surface area contributed by atoms with Crippen molar-refractivity contribution in [3.05, 3.63) is 29.8 Å². The molecule has 1 unspecified atom stereocenters. The Labute approximate surface area is 95.6 Å². The normalized spacial score (nSPS) is 18.7. The molecular weight excluding hydrogens is 202 g/mol. The molecule has 0 fully saturated rings. The van der Waals surface area contributed by atoms with Gasteiger partial charge < -0.3 is 10.5 Å². The minimum absolute atomic E-state index is 0.254. The molecule has 1 atom stereocenters. The summed E-state index contributed by atoms with van der Waals surface area (Å²) >= 11 is 0. The van der Waals surface area contributed by atoms with Crippen molar-refractivity contribution in [1.82, 2.24) is 0 Å². The molecule has 0 amide bonds. The molecule has 0 bridgehead atoms. The maximum atomic E-state index is 11.6. The van der Waals surface area contributed by atoms with Gasteiger partial charge in [-0.3, -0.25) is 4.79 Å². The first-order valence-corrected chi connectivity index (χ1v) is 5.74. The standard InChI is InChI=1S/C13H17NO2/c14-7-5-11(15)9-10-6-8-16-13-4-2-1-3-12(10)13/h1-4,10H,5-9,14H2. The van der Waals surface area contributed by atoms with Gasteiger partial charge >= 0.3 is 0 Å². The van der Waals surface area contributed by atoms with E-state index >= 15 is 0 Å². The molecule has 0 saturated heterocycles. The molecule has 2 N–H and O–H groups in total. The zero-order chi connectivity index (χ0) is 11.4. The highest BCUT2D eigenvalue weighted by Crippen LogP contribution is 2.35. The molecule has 1 heterocycles. The van der Waals surface area contributed by atoms with Crippen LogP contribution in [-0.2, 0) is 4.79 Å². The van der Waals surface area contributed by atoms with E-state index in [0.29, 0.717) is 31.9 Å². The number of benzene rings is 1. The molecule has 1 aromatic carbocycles. The monoisotopic (exact) mass is 219 g/mol. The van der Waals surface area contributed by atoms with Crippen LogP contribution in [0.25, 0.3) is 0 Å². The van der Waals surface area contributed by atoms with E-state index in [0.717, 1.165) is 12.2 Å². The highest BCUT2D eigenvalue weighted by Gasteiger charge is 2.22. The van der Waals surface area contributed by atoms with E-state index in [1.165, 1.54) is 5.56 Å². The molecule has 16 heavy (non-hydrogen) atoms. The number of carbonyl (C=O) groups excluding carboxylic acids is 1. The van der Waals surface area contributed by atoms with Gasteiger partial charge in [0.15, 0.2) is 0 Å². The summed E-state index contributed by atoms with van der Waals surface area (Å²) in [6.45, 7) is 1.15. The van der Waals surface area contributed by atoms with Crippen LogP contribution in [0.5, 0.6) is 5.75 Å². The van der Waals surface area contributed by atoms with E-state index in [1.807, 2.05) is 18.2 Å². The Balaban J connectivity index is 2.10. The second kappa shape index (κ2) is 5.12. The lowest BCUT2D eigenvalue weighted by molar-refractivity contribution is -0.119. The Kier molecular flexibility index (Phi) is 3.57. The number of para-hydroxylation sites is 1. The van der Waals surface area contributed by atoms with Crippen molar-refractivity contribution >= 4 is 5.78 Å². The van der Waals surface area contributed by atoms with E-state index in [9.17, 15) is 4.79 Å². The van der Waals surface area contributed by atoms with Crippen molar-refractivity contribution in [1.29, 1.82) is 0 Å². The van der Waals surface area contributed by atoms with Crippen molar-refractivity contribution in [3.8, 4) is 5.75 Å². The summed E-state index contributed by atoms with van der Waals surface area (Å²) in [6, 6.07) is 7.97. The van der Waals surface area contributed by atoms with Gasteiger partial charge in [0.2, 0.25) is 0 Å². The largest absolute Gasteiger partial charge is 0.493 e. The van der Waals surface area contributed by atoms with Crippen LogP contribution in [0.2, 0.25) is 0 Å². The maximum absolute atomic E-state index is 11.6. The number of rotatable bonds is 4. The summed E-state index contributed by atoms with van der Waals surface area (Å²) in [5, 5.41) is 0. The Bertz CT molecular complexity index is 376. The summed E-state index contributed by atoms with van der Waals surface area (Å²) in [5.74, 6) is 1.49. The first kappa shape index (κ1) is 11.1. The number of hydrogen-bond acceptors (Lipinski definition) is 3. The van der Waals surface area contributed by atoms with Gasteiger partial charge in [0.25, 0.3) is 0 Å². The molecular formula is C13H17NO2. The summed E-state index contributed by atoms with van der Waals surface area (Å²) in [4.78, 5) is 11.6. The summed E-state index contributed by atoms with van der Waals surface area (Å²) in [7, 11) is 0. The number of ketones is 1. The highest BCUT2D eigenvalue weighted by molar-refractivity contribution is 5.79. The molecule has 1 aliphatic heterocycles. The Morgan fingerprint density at radius 3 is 3.06 bits per heavy atom. The third kappa shape index (κ3) is 2.42. The van der Waals surface area contributed by atoms with Gasteiger partial charge in [-0.05, 0) is 30.5 Å². The zero-order valence-corrected chi connectivity index (χ0v) is 9.32. The fourth-order valence-corrected chi connectivity index (χ4v) is 2.17. The number of ether oxygens (including phenoxy) is 1. The second-order valence-corrected chi connectivity index (χ2v) is 4.15. The van der Waals surface area contributed by atoms with Crippen LogP contribution in [0.4, 0.5) is 0 Å². The smallest absolute Gasteiger partial charge is 0.134 e. The van der Waals surface area contributed by atoms with E-state index in [1.54, 1.807) is 0 Å². The van der Waals surface area contributed by atoms with Crippen LogP contribution in [0.3, 0.4) is 0 Å². The van der Waals surface area contributed by atoms with Crippen molar-refractivity contribution in [2.45, 2.75) is 25.2 Å². The fraction of sp³-hybridized carbons (Fsp3) is 0.462. The molecule has 3 nitrogen and oxygen atoms in total. The third-order valence-corrected chi connectivity index (χ3v) is 2.98. The van der Waals surface area contributed by atoms with Gasteiger partial charge in [-0.15, -0.1) is 0 Å². The highest BCUT2D eigenvalue weighted by atomic mass is 16.5. The summed E-state index contributed by atoms with van der Waals surface area (Å²) < 4.78 is 5.56. The summed E-state index contributed by atoms with van der Waals surface area (Å²) in [6.07, 6.45) is 2.00. The van der Waals surface area contributed by atoms with Crippen LogP contribution >= 0.6 is 0 Å². The summed E-state index contributed by atoms with van der Waals surface area (Å²) in [5.41, 5.74) is 6.55. The first-order chi connectivity index (χ1) is 7.81. The van der Waals surface area contributed by atoms with Crippen molar-refractivity contribution in [3.63, 3.8) is 0 Å². The van der Waals surface area contributed by atoms with Gasteiger partial charge in [0.05, 0.1) is 6.61 Å². The topological polar surface area (TPSA) is 52.3 Å². The minimum Gasteiger partial charge on any atom is -0.493 e. The van der Waals surface area contributed by atoms with Gasteiger partial charge in [0, 0.05) is 12.8 Å². The van der Waals surface area contributed by atoms with Gasteiger partial charge in [-0.1, -0.05) is 18.2 Å². The average molecular weight is 219 g/mol. The van der Waals surface area contributed by atoms with Crippen LogP contribution in [0.15, 0.2) is 24.3 Å². The maximum Gasteiger partial charge on any atom is 0.134 e. The van der Waals surface area contributed by atoms with Crippen LogP contribution in [0, 0.1) is 0 Å². The first-order valence-electron chi connectivity index (χ1n) is 5.74. The predicted molar refractivity (Wildman–Crippen MR) is 62.6 cm³/mol. The lowest BCUT2D eigenvalue weighted by Crippen LogP contribution is -2.18. The van der Waals surface area contributed by atoms with Crippen LogP contribution in [0.1, 0.15) is 30.7 Å². The average Bonchev–Trinajstić information content (AvgIpc) is 2.30. The molecule has 0 radical (unpaired) electrons. The SMILES string of the molecule is NCCC(=O)CC1CCOc2ccccc21. The quantitative estimate of drug-likeness (QED) is 0.841. The molecule has 1 aromatic rings. The molecule has 1 aliphatic rings. The van der Waals surface area contributed by atoms with Crippen molar-refractivity contribution < 1.29 is 9.53 Å². The molecule has 3 heteroatoms. The minimum atomic E-state index is 0.254. The fourth-order valence-electron chi connectivity index (χ4n) is 2.17. The zero-order valence-electron chi connectivity index (χ0n) is 9.32. The van der Waals surface area contributed by atoms with Gasteiger partial charge in [0.1, 0.15) is 11.5 Å². The number of hydrogen-bond donors (Lipinski definition) is 1. The van der Waals surface area contributed by atoms with Gasteiger partial charge in [-0.2, -0.15) is 0 Å². The van der Waals surface area contributed by atoms with E-state index in [2.05, 4.69) is 6.07 Å². The molecule has 2 rings (SSSR count). The molecule has 0 aromatic heterocycles. The molecule has 0 saturated carbocycles. The Morgan fingerprint density at radius 2 is 2.25 bits per heavy atom. The van der Waals surface area contributed by atoms with Gasteiger partial charge in [-0.25, -0.2) is 0 Å². The lowest BCUT2D eigenvalue weighted by Gasteiger charge is -2.25. The number of Topliss-reactive ketones (excluding diaryl/α,β-unsaturated/α-hetero) is 1. The second-order valence-electron chi connectivity index (χ2n) is 4.15. The Morgan fingerprint density at radius 1 is 1.44 bits per heavy atom. The molecule has 0 spiro atoms. The number of nitrogens with two attached hydrogens (primary N) is 1. The van der Waals surface area contributed by atoms with Crippen molar-refractivity contribution in [2.75, 3.05) is 13.2 Å². The van der Waals surface area contributed by atoms with Crippen LogP contribution < -0.4 is 10.5 Å². The van der Waals surface area contributed by atoms with E-state index in [-0.39, 0.29) is 5.78 Å². The molecule has 86 valence electrons. The lowest BCUT2D eigenvalue weighted by atomic mass is 9.88. The number of fused-ring (bicyclic) bond motifs is 1. The van der Waals surface area contributed by atoms with Crippen molar-refractivity contribution in [2.24, 2.45) is 5.73 Å². The predicted octanol–water partition coefficient (Wildman–Crippen LogP) is 1.86. The number of carbonyl (C=O) groups is 1. The van der Waals surface area contributed by atoms with Crippen LogP contribution in [-0.4, -0.2) is 18.9 Å². The van der Waals surface area contributed by atoms with E-state index < -0.39 is 0 Å². The Hall–Kier alpha value is -1.35. The third-order valence-electron chi connectivity index (χ3n) is 2.98.